The quantitative estimate of drug-likeness (QED) is 0.785. The third kappa shape index (κ3) is 4.16. The summed E-state index contributed by atoms with van der Waals surface area (Å²) in [6, 6.07) is 5.43. The lowest BCUT2D eigenvalue weighted by atomic mass is 10.0. The highest BCUT2D eigenvalue weighted by atomic mass is 16.6. The van der Waals surface area contributed by atoms with Crippen molar-refractivity contribution in [1.29, 1.82) is 0 Å². The van der Waals surface area contributed by atoms with Gasteiger partial charge in [-0.05, 0) is 45.4 Å². The molecule has 0 aliphatic heterocycles. The van der Waals surface area contributed by atoms with Crippen LogP contribution in [0.25, 0.3) is 0 Å². The summed E-state index contributed by atoms with van der Waals surface area (Å²) in [7, 11) is 3.15. The molecule has 1 unspecified atom stereocenters. The first-order chi connectivity index (χ1) is 8.78. The zero-order valence-corrected chi connectivity index (χ0v) is 12.4. The van der Waals surface area contributed by atoms with Gasteiger partial charge in [0.1, 0.15) is 5.60 Å². The predicted octanol–water partition coefficient (Wildman–Crippen LogP) is 3.15. The van der Waals surface area contributed by atoms with Crippen LogP contribution in [0.3, 0.4) is 0 Å². The molecule has 0 aliphatic rings. The largest absolute Gasteiger partial charge is 0.493 e. The maximum Gasteiger partial charge on any atom is 0.313 e. The number of hydrogen-bond donors (Lipinski definition) is 0. The third-order valence-corrected chi connectivity index (χ3v) is 2.67. The standard InChI is InChI=1S/C15H22O4/c1-10(14(16)19-15(2,3)4)11-7-8-12(17-5)13(9-11)18-6/h7-10H,1-6H3. The van der Waals surface area contributed by atoms with Gasteiger partial charge in [-0.1, -0.05) is 6.07 Å². The van der Waals surface area contributed by atoms with E-state index in [1.54, 1.807) is 26.4 Å². The molecule has 4 nitrogen and oxygen atoms in total. The predicted molar refractivity (Wildman–Crippen MR) is 73.8 cm³/mol. The van der Waals surface area contributed by atoms with Gasteiger partial charge in [0.05, 0.1) is 20.1 Å². The Bertz CT molecular complexity index is 446. The van der Waals surface area contributed by atoms with Crippen LogP contribution in [0.1, 0.15) is 39.2 Å². The Kier molecular flexibility index (Phi) is 4.81. The molecule has 4 heteroatoms. The van der Waals surface area contributed by atoms with Gasteiger partial charge >= 0.3 is 5.97 Å². The average Bonchev–Trinajstić information content (AvgIpc) is 2.34. The molecule has 1 atom stereocenters. The molecule has 0 bridgehead atoms. The van der Waals surface area contributed by atoms with Crippen LogP contribution < -0.4 is 9.47 Å². The minimum absolute atomic E-state index is 0.250. The molecule has 0 heterocycles. The summed E-state index contributed by atoms with van der Waals surface area (Å²) < 4.78 is 15.8. The van der Waals surface area contributed by atoms with E-state index in [0.29, 0.717) is 11.5 Å². The molecule has 0 saturated carbocycles. The number of methoxy groups -OCH3 is 2. The summed E-state index contributed by atoms with van der Waals surface area (Å²) in [6.07, 6.45) is 0. The van der Waals surface area contributed by atoms with Crippen molar-refractivity contribution in [2.45, 2.75) is 39.2 Å². The van der Waals surface area contributed by atoms with E-state index in [-0.39, 0.29) is 11.9 Å². The Hall–Kier alpha value is -1.71. The number of carbonyl (C=O) groups excluding carboxylic acids is 1. The van der Waals surface area contributed by atoms with Crippen molar-refractivity contribution in [3.8, 4) is 11.5 Å². The zero-order valence-electron chi connectivity index (χ0n) is 12.4. The normalized spacial score (nSPS) is 12.7. The Morgan fingerprint density at radius 1 is 1.11 bits per heavy atom. The van der Waals surface area contributed by atoms with Gasteiger partial charge in [-0.2, -0.15) is 0 Å². The maximum atomic E-state index is 12.0. The third-order valence-electron chi connectivity index (χ3n) is 2.67. The van der Waals surface area contributed by atoms with E-state index < -0.39 is 5.60 Å². The van der Waals surface area contributed by atoms with Gasteiger partial charge in [0.2, 0.25) is 0 Å². The summed E-state index contributed by atoms with van der Waals surface area (Å²) in [5, 5.41) is 0. The van der Waals surface area contributed by atoms with Crippen LogP contribution in [-0.2, 0) is 9.53 Å². The number of ether oxygens (including phenoxy) is 3. The van der Waals surface area contributed by atoms with Crippen LogP contribution in [0.4, 0.5) is 0 Å². The topological polar surface area (TPSA) is 44.8 Å². The van der Waals surface area contributed by atoms with Crippen LogP contribution in [-0.4, -0.2) is 25.8 Å². The molecule has 0 aliphatic carbocycles. The highest BCUT2D eigenvalue weighted by molar-refractivity contribution is 5.78. The van der Waals surface area contributed by atoms with Crippen molar-refractivity contribution >= 4 is 5.97 Å². The van der Waals surface area contributed by atoms with Crippen LogP contribution in [0.2, 0.25) is 0 Å². The molecule has 1 aromatic rings. The molecule has 0 fully saturated rings. The smallest absolute Gasteiger partial charge is 0.313 e. The van der Waals surface area contributed by atoms with Crippen molar-refractivity contribution in [2.75, 3.05) is 14.2 Å². The van der Waals surface area contributed by atoms with Gasteiger partial charge in [-0.25, -0.2) is 0 Å². The minimum Gasteiger partial charge on any atom is -0.493 e. The van der Waals surface area contributed by atoms with E-state index in [2.05, 4.69) is 0 Å². The molecule has 1 rings (SSSR count). The average molecular weight is 266 g/mol. The molecular weight excluding hydrogens is 244 g/mol. The molecule has 0 radical (unpaired) electrons. The van der Waals surface area contributed by atoms with E-state index in [4.69, 9.17) is 14.2 Å². The summed E-state index contributed by atoms with van der Waals surface area (Å²) in [5.74, 6) is 0.650. The monoisotopic (exact) mass is 266 g/mol. The fourth-order valence-electron chi connectivity index (χ4n) is 1.65. The highest BCUT2D eigenvalue weighted by Crippen LogP contribution is 2.31. The first-order valence-corrected chi connectivity index (χ1v) is 6.23. The van der Waals surface area contributed by atoms with Crippen molar-refractivity contribution in [2.24, 2.45) is 0 Å². The molecule has 0 amide bonds. The molecule has 0 aromatic heterocycles. The van der Waals surface area contributed by atoms with Crippen molar-refractivity contribution < 1.29 is 19.0 Å². The van der Waals surface area contributed by atoms with E-state index in [1.165, 1.54) is 0 Å². The minimum atomic E-state index is -0.484. The lowest BCUT2D eigenvalue weighted by Gasteiger charge is -2.22. The molecule has 0 saturated heterocycles. The molecule has 106 valence electrons. The number of carbonyl (C=O) groups is 1. The van der Waals surface area contributed by atoms with Crippen LogP contribution in [0.5, 0.6) is 11.5 Å². The Balaban J connectivity index is 2.94. The van der Waals surface area contributed by atoms with Gasteiger partial charge in [0.25, 0.3) is 0 Å². The van der Waals surface area contributed by atoms with Gasteiger partial charge in [0, 0.05) is 0 Å². The van der Waals surface area contributed by atoms with E-state index in [0.717, 1.165) is 5.56 Å². The van der Waals surface area contributed by atoms with Gasteiger partial charge < -0.3 is 14.2 Å². The van der Waals surface area contributed by atoms with Crippen molar-refractivity contribution in [3.63, 3.8) is 0 Å². The maximum absolute atomic E-state index is 12.0. The van der Waals surface area contributed by atoms with Crippen LogP contribution in [0, 0.1) is 0 Å². The zero-order chi connectivity index (χ0) is 14.6. The number of rotatable bonds is 4. The molecule has 19 heavy (non-hydrogen) atoms. The molecule has 0 spiro atoms. The lowest BCUT2D eigenvalue weighted by Crippen LogP contribution is -2.26. The molecular formula is C15H22O4. The van der Waals surface area contributed by atoms with E-state index >= 15 is 0 Å². The summed E-state index contributed by atoms with van der Waals surface area (Å²) in [4.78, 5) is 12.0. The fraction of sp³-hybridized carbons (Fsp3) is 0.533. The molecule has 1 aromatic carbocycles. The number of hydrogen-bond acceptors (Lipinski definition) is 4. The fourth-order valence-corrected chi connectivity index (χ4v) is 1.65. The second-order valence-corrected chi connectivity index (χ2v) is 5.37. The summed E-state index contributed by atoms with van der Waals surface area (Å²) >= 11 is 0. The Morgan fingerprint density at radius 2 is 1.68 bits per heavy atom. The van der Waals surface area contributed by atoms with Gasteiger partial charge in [-0.3, -0.25) is 4.79 Å². The SMILES string of the molecule is COc1ccc(C(C)C(=O)OC(C)(C)C)cc1OC. The number of benzene rings is 1. The Morgan fingerprint density at radius 3 is 2.16 bits per heavy atom. The summed E-state index contributed by atoms with van der Waals surface area (Å²) in [6.45, 7) is 7.37. The first kappa shape index (κ1) is 15.3. The van der Waals surface area contributed by atoms with Crippen LogP contribution >= 0.6 is 0 Å². The van der Waals surface area contributed by atoms with Crippen molar-refractivity contribution in [3.05, 3.63) is 23.8 Å². The van der Waals surface area contributed by atoms with Gasteiger partial charge in [0.15, 0.2) is 11.5 Å². The summed E-state index contributed by atoms with van der Waals surface area (Å²) in [5.41, 5.74) is 0.355. The van der Waals surface area contributed by atoms with Crippen molar-refractivity contribution in [1.82, 2.24) is 0 Å². The lowest BCUT2D eigenvalue weighted by molar-refractivity contribution is -0.156. The van der Waals surface area contributed by atoms with Gasteiger partial charge in [-0.15, -0.1) is 0 Å². The first-order valence-electron chi connectivity index (χ1n) is 6.23. The second-order valence-electron chi connectivity index (χ2n) is 5.37. The molecule has 0 N–H and O–H groups in total. The second kappa shape index (κ2) is 5.95. The highest BCUT2D eigenvalue weighted by Gasteiger charge is 2.23. The van der Waals surface area contributed by atoms with Crippen LogP contribution in [0.15, 0.2) is 18.2 Å². The number of esters is 1. The van der Waals surface area contributed by atoms with E-state index in [1.807, 2.05) is 33.8 Å². The van der Waals surface area contributed by atoms with E-state index in [9.17, 15) is 4.79 Å². The Labute approximate surface area is 114 Å².